The van der Waals surface area contributed by atoms with Crippen LogP contribution in [0.4, 0.5) is 19.0 Å². The van der Waals surface area contributed by atoms with Crippen LogP contribution in [0.5, 0.6) is 0 Å². The molecule has 0 bridgehead atoms. The molecule has 0 aliphatic heterocycles. The lowest BCUT2D eigenvalue weighted by molar-refractivity contribution is 0.102. The summed E-state index contributed by atoms with van der Waals surface area (Å²) in [6.07, 6.45) is 0. The van der Waals surface area contributed by atoms with Crippen molar-refractivity contribution >= 4 is 11.7 Å². The molecule has 27 heavy (non-hydrogen) atoms. The molecule has 0 aliphatic rings. The van der Waals surface area contributed by atoms with Gasteiger partial charge in [0.15, 0.2) is 11.6 Å². The van der Waals surface area contributed by atoms with Crippen LogP contribution in [0.2, 0.25) is 0 Å². The predicted molar refractivity (Wildman–Crippen MR) is 96.5 cm³/mol. The third kappa shape index (κ3) is 3.86. The van der Waals surface area contributed by atoms with Crippen LogP contribution in [0.25, 0.3) is 5.69 Å². The monoisotopic (exact) mass is 373 g/mol. The molecule has 140 valence electrons. The van der Waals surface area contributed by atoms with E-state index in [4.69, 9.17) is 0 Å². The standard InChI is InChI=1S/C20H18F3N3O/c1-20(2,3)16-11-17(26(25-16)13-9-7-12(21)8-10-13)24-19(27)14-5-4-6-15(22)18(14)23/h4-11H,1-3H3,(H,24,27). The first-order valence-electron chi connectivity index (χ1n) is 8.28. The van der Waals surface area contributed by atoms with Crippen molar-refractivity contribution in [1.29, 1.82) is 0 Å². The van der Waals surface area contributed by atoms with Crippen LogP contribution >= 0.6 is 0 Å². The first-order chi connectivity index (χ1) is 12.7. The Labute approximate surface area is 154 Å². The second-order valence-corrected chi connectivity index (χ2v) is 7.11. The zero-order valence-corrected chi connectivity index (χ0v) is 15.1. The second-order valence-electron chi connectivity index (χ2n) is 7.11. The summed E-state index contributed by atoms with van der Waals surface area (Å²) in [5, 5.41) is 7.04. The van der Waals surface area contributed by atoms with E-state index in [9.17, 15) is 18.0 Å². The maximum absolute atomic E-state index is 13.9. The van der Waals surface area contributed by atoms with E-state index >= 15 is 0 Å². The minimum atomic E-state index is -1.22. The Bertz CT molecular complexity index is 989. The molecule has 0 fully saturated rings. The summed E-state index contributed by atoms with van der Waals surface area (Å²) in [6.45, 7) is 5.84. The number of anilines is 1. The third-order valence-corrected chi connectivity index (χ3v) is 3.99. The molecule has 0 saturated carbocycles. The summed E-state index contributed by atoms with van der Waals surface area (Å²) < 4.78 is 42.0. The molecular weight excluding hydrogens is 355 g/mol. The summed E-state index contributed by atoms with van der Waals surface area (Å²) in [6, 6.07) is 10.6. The van der Waals surface area contributed by atoms with Gasteiger partial charge in [0.1, 0.15) is 11.6 Å². The topological polar surface area (TPSA) is 46.9 Å². The molecule has 1 amide bonds. The summed E-state index contributed by atoms with van der Waals surface area (Å²) >= 11 is 0. The molecule has 0 saturated heterocycles. The molecule has 2 aromatic carbocycles. The molecule has 1 aromatic heterocycles. The van der Waals surface area contributed by atoms with Crippen molar-refractivity contribution in [1.82, 2.24) is 9.78 Å². The van der Waals surface area contributed by atoms with Gasteiger partial charge >= 0.3 is 0 Å². The number of carbonyl (C=O) groups excluding carboxylic acids is 1. The number of hydrogen-bond acceptors (Lipinski definition) is 2. The summed E-state index contributed by atoms with van der Waals surface area (Å²) in [7, 11) is 0. The Kier molecular flexibility index (Phi) is 4.78. The third-order valence-electron chi connectivity index (χ3n) is 3.99. The number of halogens is 3. The minimum Gasteiger partial charge on any atom is -0.306 e. The van der Waals surface area contributed by atoms with E-state index in [1.807, 2.05) is 20.8 Å². The zero-order chi connectivity index (χ0) is 19.8. The fourth-order valence-electron chi connectivity index (χ4n) is 2.48. The van der Waals surface area contributed by atoms with Gasteiger partial charge in [-0.2, -0.15) is 5.10 Å². The number of benzene rings is 2. The van der Waals surface area contributed by atoms with Crippen molar-refractivity contribution in [2.45, 2.75) is 26.2 Å². The number of nitrogens with one attached hydrogen (secondary N) is 1. The number of aromatic nitrogens is 2. The highest BCUT2D eigenvalue weighted by molar-refractivity contribution is 6.04. The highest BCUT2D eigenvalue weighted by Crippen LogP contribution is 2.27. The van der Waals surface area contributed by atoms with Crippen LogP contribution in [-0.2, 0) is 5.41 Å². The van der Waals surface area contributed by atoms with Gasteiger partial charge in [0.25, 0.3) is 5.91 Å². The maximum atomic E-state index is 13.9. The number of amides is 1. The lowest BCUT2D eigenvalue weighted by Crippen LogP contribution is -2.17. The summed E-state index contributed by atoms with van der Waals surface area (Å²) in [5.74, 6) is -3.28. The maximum Gasteiger partial charge on any atom is 0.259 e. The van der Waals surface area contributed by atoms with Crippen molar-refractivity contribution in [2.75, 3.05) is 5.32 Å². The average molecular weight is 373 g/mol. The molecule has 0 radical (unpaired) electrons. The Balaban J connectivity index is 2.03. The van der Waals surface area contributed by atoms with Gasteiger partial charge in [-0.15, -0.1) is 0 Å². The smallest absolute Gasteiger partial charge is 0.259 e. The van der Waals surface area contributed by atoms with Gasteiger partial charge in [0.05, 0.1) is 16.9 Å². The molecule has 4 nitrogen and oxygen atoms in total. The van der Waals surface area contributed by atoms with E-state index in [-0.39, 0.29) is 11.2 Å². The Hall–Kier alpha value is -3.09. The molecule has 3 rings (SSSR count). The molecule has 7 heteroatoms. The fourth-order valence-corrected chi connectivity index (χ4v) is 2.48. The van der Waals surface area contributed by atoms with Gasteiger partial charge in [0, 0.05) is 11.5 Å². The quantitative estimate of drug-likeness (QED) is 0.714. The fraction of sp³-hybridized carbons (Fsp3) is 0.200. The van der Waals surface area contributed by atoms with Gasteiger partial charge < -0.3 is 5.32 Å². The Morgan fingerprint density at radius 2 is 1.70 bits per heavy atom. The number of carbonyl (C=O) groups is 1. The van der Waals surface area contributed by atoms with Crippen molar-refractivity contribution in [3.63, 3.8) is 0 Å². The number of rotatable bonds is 3. The van der Waals surface area contributed by atoms with Crippen LogP contribution in [0.1, 0.15) is 36.8 Å². The highest BCUT2D eigenvalue weighted by Gasteiger charge is 2.23. The average Bonchev–Trinajstić information content (AvgIpc) is 3.02. The van der Waals surface area contributed by atoms with Crippen LogP contribution in [0, 0.1) is 17.5 Å². The molecule has 0 atom stereocenters. The Morgan fingerprint density at radius 3 is 2.33 bits per heavy atom. The van der Waals surface area contributed by atoms with Crippen molar-refractivity contribution in [3.05, 3.63) is 77.2 Å². The molecule has 0 aliphatic carbocycles. The van der Waals surface area contributed by atoms with Crippen molar-refractivity contribution < 1.29 is 18.0 Å². The van der Waals surface area contributed by atoms with E-state index in [1.165, 1.54) is 41.1 Å². The SMILES string of the molecule is CC(C)(C)c1cc(NC(=O)c2cccc(F)c2F)n(-c2ccc(F)cc2)n1. The molecule has 0 spiro atoms. The van der Waals surface area contributed by atoms with Gasteiger partial charge in [0.2, 0.25) is 0 Å². The molecule has 3 aromatic rings. The van der Waals surface area contributed by atoms with E-state index in [0.717, 1.165) is 6.07 Å². The molecular formula is C20H18F3N3O. The first-order valence-corrected chi connectivity index (χ1v) is 8.28. The largest absolute Gasteiger partial charge is 0.306 e. The van der Waals surface area contributed by atoms with Crippen LogP contribution in [0.15, 0.2) is 48.5 Å². The molecule has 0 unspecified atom stereocenters. The van der Waals surface area contributed by atoms with Crippen LogP contribution in [-0.4, -0.2) is 15.7 Å². The van der Waals surface area contributed by atoms with E-state index < -0.39 is 28.9 Å². The van der Waals surface area contributed by atoms with Gasteiger partial charge in [-0.3, -0.25) is 4.79 Å². The Morgan fingerprint density at radius 1 is 1.04 bits per heavy atom. The van der Waals surface area contributed by atoms with Crippen LogP contribution < -0.4 is 5.32 Å². The number of hydrogen-bond donors (Lipinski definition) is 1. The summed E-state index contributed by atoms with van der Waals surface area (Å²) in [5.41, 5.74) is 0.442. The van der Waals surface area contributed by atoms with Crippen LogP contribution in [0.3, 0.4) is 0 Å². The molecule has 1 N–H and O–H groups in total. The number of nitrogens with zero attached hydrogens (tertiary/aromatic N) is 2. The highest BCUT2D eigenvalue weighted by atomic mass is 19.2. The van der Waals surface area contributed by atoms with Crippen molar-refractivity contribution in [2.24, 2.45) is 0 Å². The predicted octanol–water partition coefficient (Wildman–Crippen LogP) is 4.84. The normalized spacial score (nSPS) is 11.5. The summed E-state index contributed by atoms with van der Waals surface area (Å²) in [4.78, 5) is 12.5. The second kappa shape index (κ2) is 6.90. The van der Waals surface area contributed by atoms with E-state index in [1.54, 1.807) is 6.07 Å². The molecule has 1 heterocycles. The zero-order valence-electron chi connectivity index (χ0n) is 15.1. The minimum absolute atomic E-state index is 0.264. The van der Waals surface area contributed by atoms with Crippen molar-refractivity contribution in [3.8, 4) is 5.69 Å². The van der Waals surface area contributed by atoms with Gasteiger partial charge in [-0.1, -0.05) is 26.8 Å². The van der Waals surface area contributed by atoms with E-state index in [2.05, 4.69) is 10.4 Å². The lowest BCUT2D eigenvalue weighted by atomic mass is 9.92. The van der Waals surface area contributed by atoms with Gasteiger partial charge in [-0.05, 0) is 36.4 Å². The van der Waals surface area contributed by atoms with Gasteiger partial charge in [-0.25, -0.2) is 17.9 Å². The van der Waals surface area contributed by atoms with E-state index in [0.29, 0.717) is 11.4 Å². The lowest BCUT2D eigenvalue weighted by Gasteiger charge is -2.14. The first kappa shape index (κ1) is 18.7.